The molecule has 0 aliphatic carbocycles. The molecule has 15 heavy (non-hydrogen) atoms. The van der Waals surface area contributed by atoms with Crippen LogP contribution < -0.4 is 14.2 Å². The number of halogens is 1. The summed E-state index contributed by atoms with van der Waals surface area (Å²) in [6.07, 6.45) is 0. The van der Waals surface area contributed by atoms with Gasteiger partial charge in [0.25, 0.3) is 0 Å². The van der Waals surface area contributed by atoms with E-state index in [0.717, 1.165) is 0 Å². The van der Waals surface area contributed by atoms with Crippen molar-refractivity contribution >= 4 is 17.4 Å². The molecule has 5 heteroatoms. The van der Waals surface area contributed by atoms with E-state index in [1.165, 1.54) is 14.0 Å². The molecule has 0 N–H and O–H groups in total. The van der Waals surface area contributed by atoms with Crippen LogP contribution in [0.2, 0.25) is 5.02 Å². The minimum Gasteiger partial charge on any atom is -0.494 e. The van der Waals surface area contributed by atoms with Gasteiger partial charge in [0.1, 0.15) is 5.02 Å². The molecule has 0 amide bonds. The molecule has 4 nitrogen and oxygen atoms in total. The number of ether oxygens (including phenoxy) is 3. The van der Waals surface area contributed by atoms with E-state index in [-0.39, 0.29) is 17.6 Å². The molecule has 1 aromatic carbocycles. The fourth-order valence-electron chi connectivity index (χ4n) is 1.45. The van der Waals surface area contributed by atoms with Gasteiger partial charge in [-0.05, 0) is 13.0 Å². The van der Waals surface area contributed by atoms with Crippen molar-refractivity contribution in [2.45, 2.75) is 6.92 Å². The maximum absolute atomic E-state index is 11.3. The summed E-state index contributed by atoms with van der Waals surface area (Å²) in [4.78, 5) is 11.3. The van der Waals surface area contributed by atoms with E-state index in [1.807, 2.05) is 0 Å². The minimum atomic E-state index is -0.132. The first-order valence-corrected chi connectivity index (χ1v) is 4.70. The van der Waals surface area contributed by atoms with E-state index >= 15 is 0 Å². The molecule has 0 spiro atoms. The molecule has 0 fully saturated rings. The molecule has 1 heterocycles. The number of rotatable bonds is 2. The summed E-state index contributed by atoms with van der Waals surface area (Å²) in [5.74, 6) is 1.10. The second-order valence-corrected chi connectivity index (χ2v) is 3.44. The van der Waals surface area contributed by atoms with Crippen LogP contribution in [0.3, 0.4) is 0 Å². The van der Waals surface area contributed by atoms with Gasteiger partial charge in [-0.2, -0.15) is 0 Å². The molecule has 0 bridgehead atoms. The Morgan fingerprint density at radius 1 is 1.53 bits per heavy atom. The van der Waals surface area contributed by atoms with Crippen LogP contribution in [0.25, 0.3) is 0 Å². The summed E-state index contributed by atoms with van der Waals surface area (Å²) in [6, 6.07) is 1.58. The molecular weight excluding hydrogens is 220 g/mol. The average molecular weight is 229 g/mol. The topological polar surface area (TPSA) is 44.8 Å². The first-order chi connectivity index (χ1) is 7.15. The van der Waals surface area contributed by atoms with Crippen LogP contribution in [0.5, 0.6) is 17.2 Å². The zero-order valence-corrected chi connectivity index (χ0v) is 9.05. The van der Waals surface area contributed by atoms with Crippen molar-refractivity contribution in [1.29, 1.82) is 0 Å². The predicted octanol–water partition coefficient (Wildman–Crippen LogP) is 2.28. The van der Waals surface area contributed by atoms with Gasteiger partial charge in [-0.3, -0.25) is 4.79 Å². The lowest BCUT2D eigenvalue weighted by Crippen LogP contribution is -1.98. The van der Waals surface area contributed by atoms with Gasteiger partial charge in [0.15, 0.2) is 23.0 Å². The first-order valence-electron chi connectivity index (χ1n) is 4.32. The Labute approximate surface area is 91.7 Å². The number of ketones is 1. The van der Waals surface area contributed by atoms with Crippen LogP contribution >= 0.6 is 11.6 Å². The molecule has 0 aromatic heterocycles. The molecule has 1 aliphatic rings. The monoisotopic (exact) mass is 228 g/mol. The second-order valence-electron chi connectivity index (χ2n) is 3.06. The lowest BCUT2D eigenvalue weighted by atomic mass is 10.1. The number of carbonyl (C=O) groups is 1. The predicted molar refractivity (Wildman–Crippen MR) is 54.1 cm³/mol. The zero-order valence-electron chi connectivity index (χ0n) is 8.30. The average Bonchev–Trinajstić information content (AvgIpc) is 2.65. The Balaban J connectivity index is 2.66. The van der Waals surface area contributed by atoms with E-state index in [1.54, 1.807) is 6.07 Å². The zero-order chi connectivity index (χ0) is 11.0. The number of Topliss-reactive ketones (excluding diaryl/α,β-unsaturated/α-hetero) is 1. The molecular formula is C10H9ClO4. The molecule has 2 rings (SSSR count). The molecule has 0 unspecified atom stereocenters. The van der Waals surface area contributed by atoms with Crippen molar-refractivity contribution in [2.75, 3.05) is 13.9 Å². The van der Waals surface area contributed by atoms with Crippen molar-refractivity contribution in [2.24, 2.45) is 0 Å². The van der Waals surface area contributed by atoms with E-state index in [9.17, 15) is 4.79 Å². The Morgan fingerprint density at radius 2 is 2.27 bits per heavy atom. The number of hydrogen-bond acceptors (Lipinski definition) is 4. The Hall–Kier alpha value is -1.42. The largest absolute Gasteiger partial charge is 0.494 e. The smallest absolute Gasteiger partial charge is 0.231 e. The van der Waals surface area contributed by atoms with Gasteiger partial charge in [-0.1, -0.05) is 11.6 Å². The van der Waals surface area contributed by atoms with Crippen molar-refractivity contribution in [3.05, 3.63) is 16.7 Å². The highest BCUT2D eigenvalue weighted by atomic mass is 35.5. The highest BCUT2D eigenvalue weighted by Gasteiger charge is 2.25. The normalized spacial score (nSPS) is 12.7. The lowest BCUT2D eigenvalue weighted by Gasteiger charge is -2.09. The standard InChI is InChI=1S/C10H9ClO4/c1-5(12)6-3-7-10(15-4-14-7)8(11)9(6)13-2/h3H,4H2,1-2H3. The van der Waals surface area contributed by atoms with E-state index in [4.69, 9.17) is 25.8 Å². The number of methoxy groups -OCH3 is 1. The molecule has 1 aliphatic heterocycles. The molecule has 80 valence electrons. The van der Waals surface area contributed by atoms with Gasteiger partial charge < -0.3 is 14.2 Å². The summed E-state index contributed by atoms with van der Waals surface area (Å²) in [5, 5.41) is 0.276. The van der Waals surface area contributed by atoms with Gasteiger partial charge in [0, 0.05) is 0 Å². The summed E-state index contributed by atoms with van der Waals surface area (Å²) in [5.41, 5.74) is 0.395. The van der Waals surface area contributed by atoms with Gasteiger partial charge in [0.05, 0.1) is 12.7 Å². The fourth-order valence-corrected chi connectivity index (χ4v) is 1.77. The Morgan fingerprint density at radius 3 is 2.87 bits per heavy atom. The summed E-state index contributed by atoms with van der Waals surface area (Å²) >= 11 is 6.02. The summed E-state index contributed by atoms with van der Waals surface area (Å²) in [6.45, 7) is 1.55. The van der Waals surface area contributed by atoms with Crippen molar-refractivity contribution < 1.29 is 19.0 Å². The van der Waals surface area contributed by atoms with Gasteiger partial charge in [0.2, 0.25) is 6.79 Å². The summed E-state index contributed by atoms with van der Waals surface area (Å²) in [7, 11) is 1.45. The van der Waals surface area contributed by atoms with Crippen LogP contribution in [0.4, 0.5) is 0 Å². The highest BCUT2D eigenvalue weighted by Crippen LogP contribution is 2.46. The van der Waals surface area contributed by atoms with Crippen molar-refractivity contribution in [3.63, 3.8) is 0 Å². The van der Waals surface area contributed by atoms with Crippen LogP contribution in [0, 0.1) is 0 Å². The Bertz CT molecular complexity index is 428. The van der Waals surface area contributed by atoms with E-state index in [0.29, 0.717) is 22.8 Å². The number of benzene rings is 1. The molecule has 0 saturated carbocycles. The van der Waals surface area contributed by atoms with Gasteiger partial charge >= 0.3 is 0 Å². The highest BCUT2D eigenvalue weighted by molar-refractivity contribution is 6.34. The third-order valence-corrected chi connectivity index (χ3v) is 2.49. The van der Waals surface area contributed by atoms with Crippen molar-refractivity contribution in [3.8, 4) is 17.2 Å². The van der Waals surface area contributed by atoms with Gasteiger partial charge in [-0.25, -0.2) is 0 Å². The lowest BCUT2D eigenvalue weighted by molar-refractivity contribution is 0.101. The molecule has 0 saturated heterocycles. The maximum Gasteiger partial charge on any atom is 0.231 e. The van der Waals surface area contributed by atoms with E-state index in [2.05, 4.69) is 0 Å². The Kier molecular flexibility index (Phi) is 2.44. The van der Waals surface area contributed by atoms with Crippen molar-refractivity contribution in [1.82, 2.24) is 0 Å². The van der Waals surface area contributed by atoms with Crippen LogP contribution in [0.1, 0.15) is 17.3 Å². The van der Waals surface area contributed by atoms with Crippen LogP contribution in [-0.2, 0) is 0 Å². The van der Waals surface area contributed by atoms with Gasteiger partial charge in [-0.15, -0.1) is 0 Å². The molecule has 1 aromatic rings. The fraction of sp³-hybridized carbons (Fsp3) is 0.300. The number of hydrogen-bond donors (Lipinski definition) is 0. The minimum absolute atomic E-state index is 0.111. The third-order valence-electron chi connectivity index (χ3n) is 2.14. The van der Waals surface area contributed by atoms with Crippen LogP contribution in [-0.4, -0.2) is 19.7 Å². The first kappa shape index (κ1) is 10.1. The third kappa shape index (κ3) is 1.51. The maximum atomic E-state index is 11.3. The molecule has 0 atom stereocenters. The SMILES string of the molecule is COc1c(C(C)=O)cc2c(c1Cl)OCO2. The number of carbonyl (C=O) groups excluding carboxylic acids is 1. The summed E-state index contributed by atoms with van der Waals surface area (Å²) < 4.78 is 15.4. The quantitative estimate of drug-likeness (QED) is 0.729. The van der Waals surface area contributed by atoms with E-state index < -0.39 is 0 Å². The van der Waals surface area contributed by atoms with Crippen LogP contribution in [0.15, 0.2) is 6.07 Å². The number of fused-ring (bicyclic) bond motifs is 1. The molecule has 0 radical (unpaired) electrons. The second kappa shape index (κ2) is 3.62.